The van der Waals surface area contributed by atoms with Gasteiger partial charge in [-0.25, -0.2) is 0 Å². The lowest BCUT2D eigenvalue weighted by molar-refractivity contribution is 0.319. The zero-order chi connectivity index (χ0) is 15.4. The van der Waals surface area contributed by atoms with Crippen molar-refractivity contribution in [1.29, 1.82) is 0 Å². The number of hydrogen-bond acceptors (Lipinski definition) is 5. The monoisotopic (exact) mass is 291 g/mol. The number of furan rings is 1. The second-order valence-corrected chi connectivity index (χ2v) is 4.61. The second-order valence-electron chi connectivity index (χ2n) is 4.61. The molecule has 1 N–H and O–H groups in total. The zero-order valence-electron chi connectivity index (χ0n) is 13.0. The van der Waals surface area contributed by atoms with Gasteiger partial charge in [-0.2, -0.15) is 0 Å². The molecule has 0 radical (unpaired) electrons. The van der Waals surface area contributed by atoms with E-state index in [1.807, 2.05) is 32.2 Å². The highest BCUT2D eigenvalue weighted by atomic mass is 16.5. The van der Waals surface area contributed by atoms with Gasteiger partial charge in [0.05, 0.1) is 33.6 Å². The third kappa shape index (κ3) is 2.69. The highest BCUT2D eigenvalue weighted by Gasteiger charge is 2.25. The Bertz CT molecular complexity index is 606. The van der Waals surface area contributed by atoms with Gasteiger partial charge in [-0.3, -0.25) is 0 Å². The van der Waals surface area contributed by atoms with Gasteiger partial charge in [0.15, 0.2) is 11.5 Å². The maximum absolute atomic E-state index is 5.61. The lowest BCUT2D eigenvalue weighted by atomic mass is 10.0. The van der Waals surface area contributed by atoms with Crippen LogP contribution in [0.25, 0.3) is 0 Å². The average molecular weight is 291 g/mol. The molecular formula is C16H21NO4. The minimum Gasteiger partial charge on any atom is -0.493 e. The number of aryl methyl sites for hydroxylation is 1. The van der Waals surface area contributed by atoms with Gasteiger partial charge in [-0.05, 0) is 37.7 Å². The molecule has 1 atom stereocenters. The van der Waals surface area contributed by atoms with E-state index < -0.39 is 0 Å². The van der Waals surface area contributed by atoms with Gasteiger partial charge < -0.3 is 23.9 Å². The number of nitrogens with one attached hydrogen (secondary N) is 1. The first kappa shape index (κ1) is 15.3. The Kier molecular flexibility index (Phi) is 4.75. The standard InChI is InChI=1S/C16H21NO4/c1-10-8-9-21-14(10)13(17-2)11-6-7-12(18-3)16(20-5)15(11)19-4/h6-9,13,17H,1-5H3. The molecule has 2 rings (SSSR count). The molecule has 1 aromatic heterocycles. The number of ether oxygens (including phenoxy) is 3. The molecule has 5 nitrogen and oxygen atoms in total. The van der Waals surface area contributed by atoms with E-state index in [1.165, 1.54) is 0 Å². The summed E-state index contributed by atoms with van der Waals surface area (Å²) in [4.78, 5) is 0. The summed E-state index contributed by atoms with van der Waals surface area (Å²) in [6.07, 6.45) is 1.68. The first-order valence-electron chi connectivity index (χ1n) is 6.68. The lowest BCUT2D eigenvalue weighted by Crippen LogP contribution is -2.19. The molecule has 0 aliphatic heterocycles. The van der Waals surface area contributed by atoms with Crippen molar-refractivity contribution < 1.29 is 18.6 Å². The Hall–Kier alpha value is -2.14. The number of methoxy groups -OCH3 is 3. The van der Waals surface area contributed by atoms with Crippen molar-refractivity contribution in [3.63, 3.8) is 0 Å². The summed E-state index contributed by atoms with van der Waals surface area (Å²) in [6, 6.07) is 5.62. The maximum atomic E-state index is 5.61. The highest BCUT2D eigenvalue weighted by Crippen LogP contribution is 2.43. The molecule has 2 aromatic rings. The van der Waals surface area contributed by atoms with Gasteiger partial charge in [0.25, 0.3) is 0 Å². The maximum Gasteiger partial charge on any atom is 0.203 e. The first-order valence-corrected chi connectivity index (χ1v) is 6.68. The van der Waals surface area contributed by atoms with Crippen LogP contribution in [0.5, 0.6) is 17.2 Å². The number of rotatable bonds is 6. The number of hydrogen-bond donors (Lipinski definition) is 1. The van der Waals surface area contributed by atoms with Crippen LogP contribution in [0, 0.1) is 6.92 Å². The van der Waals surface area contributed by atoms with Crippen molar-refractivity contribution in [2.24, 2.45) is 0 Å². The zero-order valence-corrected chi connectivity index (χ0v) is 13.0. The Morgan fingerprint density at radius 3 is 2.19 bits per heavy atom. The molecule has 1 heterocycles. The predicted octanol–water partition coefficient (Wildman–Crippen LogP) is 2.92. The van der Waals surface area contributed by atoms with E-state index in [9.17, 15) is 0 Å². The molecule has 0 amide bonds. The molecule has 0 bridgehead atoms. The van der Waals surface area contributed by atoms with E-state index in [2.05, 4.69) is 5.32 Å². The van der Waals surface area contributed by atoms with Crippen LogP contribution in [-0.4, -0.2) is 28.4 Å². The summed E-state index contributed by atoms with van der Waals surface area (Å²) in [6.45, 7) is 2.01. The molecule has 5 heteroatoms. The smallest absolute Gasteiger partial charge is 0.203 e. The Labute approximate surface area is 124 Å². The van der Waals surface area contributed by atoms with Crippen molar-refractivity contribution in [3.05, 3.63) is 41.3 Å². The fourth-order valence-electron chi connectivity index (χ4n) is 2.46. The SMILES string of the molecule is CNC(c1ccc(OC)c(OC)c1OC)c1occc1C. The minimum atomic E-state index is -0.130. The largest absolute Gasteiger partial charge is 0.493 e. The molecule has 0 aliphatic carbocycles. The van der Waals surface area contributed by atoms with Crippen molar-refractivity contribution in [3.8, 4) is 17.2 Å². The van der Waals surface area contributed by atoms with E-state index in [0.29, 0.717) is 17.2 Å². The van der Waals surface area contributed by atoms with Gasteiger partial charge in [0.2, 0.25) is 5.75 Å². The molecule has 0 saturated carbocycles. The molecule has 1 unspecified atom stereocenters. The Balaban J connectivity index is 2.59. The van der Waals surface area contributed by atoms with Crippen LogP contribution >= 0.6 is 0 Å². The molecule has 114 valence electrons. The average Bonchev–Trinajstić information content (AvgIpc) is 2.93. The highest BCUT2D eigenvalue weighted by molar-refractivity contribution is 5.57. The quantitative estimate of drug-likeness (QED) is 0.887. The van der Waals surface area contributed by atoms with E-state index in [0.717, 1.165) is 16.9 Å². The van der Waals surface area contributed by atoms with Crippen LogP contribution < -0.4 is 19.5 Å². The summed E-state index contributed by atoms with van der Waals surface area (Å²) in [5.41, 5.74) is 2.00. The fourth-order valence-corrected chi connectivity index (χ4v) is 2.46. The topological polar surface area (TPSA) is 52.9 Å². The lowest BCUT2D eigenvalue weighted by Gasteiger charge is -2.21. The summed E-state index contributed by atoms with van der Waals surface area (Å²) >= 11 is 0. The summed E-state index contributed by atoms with van der Waals surface area (Å²) in [7, 11) is 6.69. The van der Waals surface area contributed by atoms with Gasteiger partial charge in [0, 0.05) is 5.56 Å². The van der Waals surface area contributed by atoms with E-state index in [4.69, 9.17) is 18.6 Å². The van der Waals surface area contributed by atoms with Gasteiger partial charge in [-0.15, -0.1) is 0 Å². The van der Waals surface area contributed by atoms with Crippen molar-refractivity contribution >= 4 is 0 Å². The first-order chi connectivity index (χ1) is 10.2. The molecule has 1 aromatic carbocycles. The van der Waals surface area contributed by atoms with Crippen molar-refractivity contribution in [2.75, 3.05) is 28.4 Å². The van der Waals surface area contributed by atoms with Gasteiger partial charge in [-0.1, -0.05) is 0 Å². The Morgan fingerprint density at radius 2 is 1.71 bits per heavy atom. The van der Waals surface area contributed by atoms with Crippen LogP contribution in [0.15, 0.2) is 28.9 Å². The van der Waals surface area contributed by atoms with Crippen molar-refractivity contribution in [1.82, 2.24) is 5.32 Å². The predicted molar refractivity (Wildman–Crippen MR) is 80.4 cm³/mol. The molecule has 0 spiro atoms. The summed E-state index contributed by atoms with van der Waals surface area (Å²) < 4.78 is 21.9. The number of benzene rings is 1. The normalized spacial score (nSPS) is 12.0. The summed E-state index contributed by atoms with van der Waals surface area (Å²) in [5, 5.41) is 3.25. The molecule has 21 heavy (non-hydrogen) atoms. The van der Waals surface area contributed by atoms with Gasteiger partial charge >= 0.3 is 0 Å². The summed E-state index contributed by atoms with van der Waals surface area (Å²) in [5.74, 6) is 2.68. The van der Waals surface area contributed by atoms with Crippen LogP contribution in [0.2, 0.25) is 0 Å². The second kappa shape index (κ2) is 6.54. The Morgan fingerprint density at radius 1 is 1.00 bits per heavy atom. The molecule has 0 saturated heterocycles. The third-order valence-electron chi connectivity index (χ3n) is 3.50. The molecule has 0 fully saturated rings. The molecule has 0 aliphatic rings. The van der Waals surface area contributed by atoms with Crippen LogP contribution in [0.3, 0.4) is 0 Å². The molecular weight excluding hydrogens is 270 g/mol. The van der Waals surface area contributed by atoms with Crippen LogP contribution in [0.1, 0.15) is 22.9 Å². The minimum absolute atomic E-state index is 0.130. The van der Waals surface area contributed by atoms with E-state index >= 15 is 0 Å². The van der Waals surface area contributed by atoms with E-state index in [-0.39, 0.29) is 6.04 Å². The van der Waals surface area contributed by atoms with Gasteiger partial charge in [0.1, 0.15) is 5.76 Å². The third-order valence-corrected chi connectivity index (χ3v) is 3.50. The fraction of sp³-hybridized carbons (Fsp3) is 0.375. The van der Waals surface area contributed by atoms with Crippen molar-refractivity contribution in [2.45, 2.75) is 13.0 Å². The van der Waals surface area contributed by atoms with Crippen LogP contribution in [-0.2, 0) is 0 Å². The van der Waals surface area contributed by atoms with Crippen LogP contribution in [0.4, 0.5) is 0 Å². The van der Waals surface area contributed by atoms with E-state index in [1.54, 1.807) is 27.6 Å².